The molecule has 1 N–H and O–H groups in total. The molecule has 2 amide bonds. The molecule has 0 saturated heterocycles. The molecule has 0 aliphatic rings. The number of amides is 2. The summed E-state index contributed by atoms with van der Waals surface area (Å²) in [5, 5.41) is 3.76. The Hall–Kier alpha value is -2.24. The highest BCUT2D eigenvalue weighted by atomic mass is 35.5. The van der Waals surface area contributed by atoms with Crippen LogP contribution >= 0.6 is 23.2 Å². The Morgan fingerprint density at radius 1 is 1.00 bits per heavy atom. The Bertz CT molecular complexity index is 933. The number of nitrogens with zero attached hydrogens (tertiary/aromatic N) is 1. The molecular formula is C26H34Cl2N2O3. The van der Waals surface area contributed by atoms with E-state index >= 15 is 0 Å². The largest absolute Gasteiger partial charge is 0.484 e. The van der Waals surface area contributed by atoms with E-state index in [-0.39, 0.29) is 30.4 Å². The Balaban J connectivity index is 2.19. The van der Waals surface area contributed by atoms with E-state index in [1.54, 1.807) is 25.1 Å². The van der Waals surface area contributed by atoms with Gasteiger partial charge in [-0.3, -0.25) is 9.59 Å². The predicted octanol–water partition coefficient (Wildman–Crippen LogP) is 5.86. The number of nitrogens with one attached hydrogen (secondary N) is 1. The van der Waals surface area contributed by atoms with Gasteiger partial charge in [0.05, 0.1) is 0 Å². The van der Waals surface area contributed by atoms with Crippen LogP contribution < -0.4 is 10.1 Å². The molecular weight excluding hydrogens is 459 g/mol. The molecule has 2 rings (SSSR count). The standard InChI is InChI=1S/C26H34Cl2N2O3/c1-17(2)14-29-25(32)18(3)30(15-21-22(27)8-7-9-23(21)28)24(31)16-33-20-12-10-19(11-13-20)26(4,5)6/h7-13,17-18H,14-16H2,1-6H3,(H,29,32). The summed E-state index contributed by atoms with van der Waals surface area (Å²) in [6, 6.07) is 12.1. The molecule has 0 bridgehead atoms. The maximum absolute atomic E-state index is 13.2. The molecule has 0 radical (unpaired) electrons. The van der Waals surface area contributed by atoms with Crippen molar-refractivity contribution in [1.82, 2.24) is 10.2 Å². The van der Waals surface area contributed by atoms with Crippen LogP contribution in [0.5, 0.6) is 5.75 Å². The lowest BCUT2D eigenvalue weighted by molar-refractivity contribution is -0.142. The Kier molecular flexibility index (Phi) is 9.62. The number of ether oxygens (including phenoxy) is 1. The van der Waals surface area contributed by atoms with Crippen LogP contribution in [-0.4, -0.2) is 35.9 Å². The summed E-state index contributed by atoms with van der Waals surface area (Å²) >= 11 is 12.7. The first-order chi connectivity index (χ1) is 15.4. The molecule has 0 spiro atoms. The van der Waals surface area contributed by atoms with Crippen LogP contribution in [-0.2, 0) is 21.5 Å². The predicted molar refractivity (Wildman–Crippen MR) is 135 cm³/mol. The molecule has 0 heterocycles. The average Bonchev–Trinajstić information content (AvgIpc) is 2.75. The lowest BCUT2D eigenvalue weighted by Crippen LogP contribution is -2.49. The summed E-state index contributed by atoms with van der Waals surface area (Å²) in [6.45, 7) is 12.5. The molecule has 1 atom stereocenters. The van der Waals surface area contributed by atoms with E-state index in [2.05, 4.69) is 26.1 Å². The second-order valence-electron chi connectivity index (χ2n) is 9.60. The quantitative estimate of drug-likeness (QED) is 0.476. The van der Waals surface area contributed by atoms with E-state index in [0.29, 0.717) is 33.8 Å². The highest BCUT2D eigenvalue weighted by Crippen LogP contribution is 2.27. The molecule has 1 unspecified atom stereocenters. The Labute approximate surface area is 207 Å². The zero-order valence-electron chi connectivity index (χ0n) is 20.2. The second kappa shape index (κ2) is 11.8. The monoisotopic (exact) mass is 492 g/mol. The molecule has 0 saturated carbocycles. The first kappa shape index (κ1) is 27.0. The van der Waals surface area contributed by atoms with Crippen molar-refractivity contribution in [3.05, 3.63) is 63.6 Å². The maximum atomic E-state index is 13.2. The topological polar surface area (TPSA) is 58.6 Å². The number of hydrogen-bond acceptors (Lipinski definition) is 3. The van der Waals surface area contributed by atoms with Gasteiger partial charge in [0.25, 0.3) is 5.91 Å². The lowest BCUT2D eigenvalue weighted by atomic mass is 9.87. The van der Waals surface area contributed by atoms with Gasteiger partial charge in [-0.15, -0.1) is 0 Å². The molecule has 0 aliphatic heterocycles. The zero-order valence-corrected chi connectivity index (χ0v) is 21.8. The maximum Gasteiger partial charge on any atom is 0.261 e. The summed E-state index contributed by atoms with van der Waals surface area (Å²) in [4.78, 5) is 27.4. The van der Waals surface area contributed by atoms with Crippen LogP contribution in [0.3, 0.4) is 0 Å². The third kappa shape index (κ3) is 7.94. The fourth-order valence-electron chi connectivity index (χ4n) is 3.17. The molecule has 33 heavy (non-hydrogen) atoms. The summed E-state index contributed by atoms with van der Waals surface area (Å²) in [6.07, 6.45) is 0. The van der Waals surface area contributed by atoms with Gasteiger partial charge in [0, 0.05) is 28.7 Å². The van der Waals surface area contributed by atoms with E-state index in [0.717, 1.165) is 0 Å². The molecule has 7 heteroatoms. The fourth-order valence-corrected chi connectivity index (χ4v) is 3.68. The highest BCUT2D eigenvalue weighted by Gasteiger charge is 2.28. The van der Waals surface area contributed by atoms with Crippen molar-refractivity contribution >= 4 is 35.0 Å². The zero-order chi connectivity index (χ0) is 24.8. The van der Waals surface area contributed by atoms with E-state index in [1.165, 1.54) is 10.5 Å². The lowest BCUT2D eigenvalue weighted by Gasteiger charge is -2.29. The van der Waals surface area contributed by atoms with Crippen molar-refractivity contribution in [2.75, 3.05) is 13.2 Å². The van der Waals surface area contributed by atoms with E-state index in [9.17, 15) is 9.59 Å². The first-order valence-corrected chi connectivity index (χ1v) is 11.9. The van der Waals surface area contributed by atoms with Crippen LogP contribution in [0.4, 0.5) is 0 Å². The summed E-state index contributed by atoms with van der Waals surface area (Å²) in [5.41, 5.74) is 1.79. The average molecular weight is 493 g/mol. The fraction of sp³-hybridized carbons (Fsp3) is 0.462. The van der Waals surface area contributed by atoms with E-state index < -0.39 is 6.04 Å². The molecule has 2 aromatic carbocycles. The first-order valence-electron chi connectivity index (χ1n) is 11.1. The van der Waals surface area contributed by atoms with Crippen molar-refractivity contribution in [1.29, 1.82) is 0 Å². The van der Waals surface area contributed by atoms with Crippen LogP contribution in [0.25, 0.3) is 0 Å². The van der Waals surface area contributed by atoms with Gasteiger partial charge in [-0.2, -0.15) is 0 Å². The van der Waals surface area contributed by atoms with Crippen molar-refractivity contribution in [2.45, 2.75) is 59.5 Å². The molecule has 180 valence electrons. The second-order valence-corrected chi connectivity index (χ2v) is 10.4. The van der Waals surface area contributed by atoms with Crippen LogP contribution in [0.15, 0.2) is 42.5 Å². The van der Waals surface area contributed by atoms with Crippen LogP contribution in [0.1, 0.15) is 52.7 Å². The van der Waals surface area contributed by atoms with E-state index in [4.69, 9.17) is 27.9 Å². The van der Waals surface area contributed by atoms with Crippen molar-refractivity contribution in [2.24, 2.45) is 5.92 Å². The van der Waals surface area contributed by atoms with Gasteiger partial charge in [0.1, 0.15) is 11.8 Å². The number of hydrogen-bond donors (Lipinski definition) is 1. The molecule has 2 aromatic rings. The smallest absolute Gasteiger partial charge is 0.261 e. The van der Waals surface area contributed by atoms with Crippen LogP contribution in [0.2, 0.25) is 10.0 Å². The van der Waals surface area contributed by atoms with Gasteiger partial charge >= 0.3 is 0 Å². The summed E-state index contributed by atoms with van der Waals surface area (Å²) < 4.78 is 5.75. The minimum Gasteiger partial charge on any atom is -0.484 e. The number of benzene rings is 2. The summed E-state index contributed by atoms with van der Waals surface area (Å²) in [5.74, 6) is 0.305. The number of halogens is 2. The Morgan fingerprint density at radius 3 is 2.09 bits per heavy atom. The Morgan fingerprint density at radius 2 is 1.58 bits per heavy atom. The van der Waals surface area contributed by atoms with Crippen LogP contribution in [0, 0.1) is 5.92 Å². The SMILES string of the molecule is CC(C)CNC(=O)C(C)N(Cc1c(Cl)cccc1Cl)C(=O)COc1ccc(C(C)(C)C)cc1. The number of carbonyl (C=O) groups is 2. The molecule has 0 aliphatic carbocycles. The van der Waals surface area contributed by atoms with Crippen molar-refractivity contribution < 1.29 is 14.3 Å². The molecule has 5 nitrogen and oxygen atoms in total. The molecule has 0 aromatic heterocycles. The van der Waals surface area contributed by atoms with Crippen molar-refractivity contribution in [3.63, 3.8) is 0 Å². The third-order valence-electron chi connectivity index (χ3n) is 5.32. The number of carbonyl (C=O) groups excluding carboxylic acids is 2. The van der Waals surface area contributed by atoms with Crippen molar-refractivity contribution in [3.8, 4) is 5.75 Å². The van der Waals surface area contributed by atoms with E-state index in [1.807, 2.05) is 38.1 Å². The van der Waals surface area contributed by atoms with Gasteiger partial charge in [-0.05, 0) is 48.1 Å². The highest BCUT2D eigenvalue weighted by molar-refractivity contribution is 6.36. The molecule has 0 fully saturated rings. The third-order valence-corrected chi connectivity index (χ3v) is 6.03. The van der Waals surface area contributed by atoms with Gasteiger partial charge in [0.15, 0.2) is 6.61 Å². The normalized spacial score (nSPS) is 12.4. The van der Waals surface area contributed by atoms with Gasteiger partial charge in [-0.25, -0.2) is 0 Å². The number of rotatable bonds is 9. The van der Waals surface area contributed by atoms with Gasteiger partial charge < -0.3 is 15.0 Å². The van der Waals surface area contributed by atoms with Gasteiger partial charge in [-0.1, -0.05) is 76.0 Å². The van der Waals surface area contributed by atoms with Gasteiger partial charge in [0.2, 0.25) is 5.91 Å². The minimum absolute atomic E-state index is 0.0259. The minimum atomic E-state index is -0.726. The summed E-state index contributed by atoms with van der Waals surface area (Å²) in [7, 11) is 0.